The van der Waals surface area contributed by atoms with Gasteiger partial charge in [-0.15, -0.1) is 0 Å². The van der Waals surface area contributed by atoms with E-state index in [0.717, 1.165) is 45.2 Å². The number of benzene rings is 1. The summed E-state index contributed by atoms with van der Waals surface area (Å²) in [5, 5.41) is 6.76. The van der Waals surface area contributed by atoms with Gasteiger partial charge in [-0.05, 0) is 63.0 Å². The van der Waals surface area contributed by atoms with Crippen molar-refractivity contribution in [2.45, 2.75) is 50.0 Å². The average Bonchev–Trinajstić information content (AvgIpc) is 3.48. The lowest BCUT2D eigenvalue weighted by molar-refractivity contribution is 0.0897. The Morgan fingerprint density at radius 2 is 1.87 bits per heavy atom. The van der Waals surface area contributed by atoms with E-state index in [-0.39, 0.29) is 16.6 Å². The van der Waals surface area contributed by atoms with Crippen molar-refractivity contribution in [3.63, 3.8) is 0 Å². The van der Waals surface area contributed by atoms with Crippen LogP contribution in [0.5, 0.6) is 0 Å². The molecule has 0 radical (unpaired) electrons. The number of likely N-dealkylation sites (tertiary alicyclic amines) is 1. The van der Waals surface area contributed by atoms with Crippen molar-refractivity contribution < 1.29 is 17.7 Å². The number of aromatic nitrogens is 2. The van der Waals surface area contributed by atoms with Crippen molar-refractivity contribution >= 4 is 15.9 Å². The van der Waals surface area contributed by atoms with E-state index in [2.05, 4.69) is 27.3 Å². The minimum atomic E-state index is -3.49. The number of sulfonamides is 1. The van der Waals surface area contributed by atoms with Crippen molar-refractivity contribution in [2.24, 2.45) is 0 Å². The molecule has 31 heavy (non-hydrogen) atoms. The molecule has 1 amide bonds. The molecule has 4 rings (SSSR count). The lowest BCUT2D eigenvalue weighted by atomic mass is 10.2. The first-order valence-corrected chi connectivity index (χ1v) is 12.4. The first-order chi connectivity index (χ1) is 15.0. The third-order valence-electron chi connectivity index (χ3n) is 6.09. The number of carbonyl (C=O) groups excluding carboxylic acids is 1. The van der Waals surface area contributed by atoms with Gasteiger partial charge in [0.05, 0.1) is 4.90 Å². The van der Waals surface area contributed by atoms with Gasteiger partial charge in [0, 0.05) is 31.2 Å². The van der Waals surface area contributed by atoms with Gasteiger partial charge in [-0.25, -0.2) is 8.42 Å². The second-order valence-electron chi connectivity index (χ2n) is 8.05. The molecular formula is C21H29N5O4S. The van der Waals surface area contributed by atoms with Crippen LogP contribution in [0.25, 0.3) is 11.4 Å². The van der Waals surface area contributed by atoms with Crippen LogP contribution in [-0.4, -0.2) is 72.4 Å². The monoisotopic (exact) mass is 447 g/mol. The zero-order valence-electron chi connectivity index (χ0n) is 17.8. The highest BCUT2D eigenvalue weighted by atomic mass is 32.2. The van der Waals surface area contributed by atoms with Gasteiger partial charge in [-0.1, -0.05) is 18.5 Å². The highest BCUT2D eigenvalue weighted by molar-refractivity contribution is 7.89. The van der Waals surface area contributed by atoms with E-state index >= 15 is 0 Å². The van der Waals surface area contributed by atoms with Crippen LogP contribution >= 0.6 is 0 Å². The number of likely N-dealkylation sites (N-methyl/N-ethyl adjacent to an activating group) is 1. The maximum absolute atomic E-state index is 12.8. The fourth-order valence-electron chi connectivity index (χ4n) is 4.29. The van der Waals surface area contributed by atoms with Crippen LogP contribution in [0, 0.1) is 0 Å². The van der Waals surface area contributed by atoms with Crippen LogP contribution in [0.15, 0.2) is 33.7 Å². The topological polar surface area (TPSA) is 109 Å². The molecule has 1 aromatic heterocycles. The SMILES string of the molecule is CCN1CCCC1CNC(=O)c1nc(-c2ccc(S(=O)(=O)N3CCCCC3)cc2)no1. The second kappa shape index (κ2) is 9.46. The Hall–Kier alpha value is -2.30. The summed E-state index contributed by atoms with van der Waals surface area (Å²) in [4.78, 5) is 19.2. The predicted octanol–water partition coefficient (Wildman–Crippen LogP) is 2.13. The summed E-state index contributed by atoms with van der Waals surface area (Å²) in [5.41, 5.74) is 0.591. The van der Waals surface area contributed by atoms with Crippen LogP contribution in [0.3, 0.4) is 0 Å². The summed E-state index contributed by atoms with van der Waals surface area (Å²) in [6, 6.07) is 6.72. The maximum Gasteiger partial charge on any atom is 0.316 e. The molecule has 2 fully saturated rings. The molecule has 0 spiro atoms. The quantitative estimate of drug-likeness (QED) is 0.692. The molecule has 0 aliphatic carbocycles. The minimum absolute atomic E-state index is 0.0962. The Kier molecular flexibility index (Phi) is 6.68. The van der Waals surface area contributed by atoms with Gasteiger partial charge in [0.25, 0.3) is 0 Å². The van der Waals surface area contributed by atoms with Crippen molar-refractivity contribution in [1.82, 2.24) is 24.7 Å². The van der Waals surface area contributed by atoms with Crippen LogP contribution < -0.4 is 5.32 Å². The highest BCUT2D eigenvalue weighted by Gasteiger charge is 2.27. The zero-order valence-corrected chi connectivity index (χ0v) is 18.6. The lowest BCUT2D eigenvalue weighted by Crippen LogP contribution is -2.40. The Balaban J connectivity index is 1.40. The van der Waals surface area contributed by atoms with Crippen LogP contribution in [0.2, 0.25) is 0 Å². The molecule has 0 saturated carbocycles. The molecule has 2 aliphatic heterocycles. The summed E-state index contributed by atoms with van der Waals surface area (Å²) in [7, 11) is -3.49. The molecule has 1 N–H and O–H groups in total. The van der Waals surface area contributed by atoms with Crippen molar-refractivity contribution in [1.29, 1.82) is 0 Å². The smallest absolute Gasteiger partial charge is 0.316 e. The Morgan fingerprint density at radius 3 is 2.58 bits per heavy atom. The molecule has 9 nitrogen and oxygen atoms in total. The van der Waals surface area contributed by atoms with E-state index < -0.39 is 15.9 Å². The highest BCUT2D eigenvalue weighted by Crippen LogP contribution is 2.23. The van der Waals surface area contributed by atoms with Crippen molar-refractivity contribution in [3.05, 3.63) is 30.2 Å². The lowest BCUT2D eigenvalue weighted by Gasteiger charge is -2.25. The molecule has 2 aliphatic rings. The number of amides is 1. The average molecular weight is 448 g/mol. The molecule has 168 valence electrons. The number of piperidine rings is 1. The third kappa shape index (κ3) is 4.81. The number of hydrogen-bond acceptors (Lipinski definition) is 7. The predicted molar refractivity (Wildman–Crippen MR) is 115 cm³/mol. The third-order valence-corrected chi connectivity index (χ3v) is 8.00. The molecule has 3 heterocycles. The van der Waals surface area contributed by atoms with Gasteiger partial charge in [0.2, 0.25) is 15.8 Å². The number of rotatable bonds is 7. The summed E-state index contributed by atoms with van der Waals surface area (Å²) < 4.78 is 32.2. The second-order valence-corrected chi connectivity index (χ2v) is 9.98. The Morgan fingerprint density at radius 1 is 1.13 bits per heavy atom. The maximum atomic E-state index is 12.8. The summed E-state index contributed by atoms with van der Waals surface area (Å²) in [5.74, 6) is -0.241. The molecule has 10 heteroatoms. The Bertz CT molecular complexity index is 999. The first kappa shape index (κ1) is 21.9. The van der Waals surface area contributed by atoms with Gasteiger partial charge < -0.3 is 9.84 Å². The fourth-order valence-corrected chi connectivity index (χ4v) is 5.81. The largest absolute Gasteiger partial charge is 0.346 e. The molecule has 1 aromatic carbocycles. The van der Waals surface area contributed by atoms with E-state index in [1.54, 1.807) is 24.3 Å². The van der Waals surface area contributed by atoms with Gasteiger partial charge in [-0.3, -0.25) is 9.69 Å². The molecular weight excluding hydrogens is 418 g/mol. The van der Waals surface area contributed by atoms with Gasteiger partial charge in [0.15, 0.2) is 0 Å². The number of carbonyl (C=O) groups is 1. The van der Waals surface area contributed by atoms with Crippen LogP contribution in [-0.2, 0) is 10.0 Å². The summed E-state index contributed by atoms with van der Waals surface area (Å²) in [6.45, 7) is 5.81. The molecule has 0 bridgehead atoms. The zero-order chi connectivity index (χ0) is 21.8. The van der Waals surface area contributed by atoms with Gasteiger partial charge in [-0.2, -0.15) is 9.29 Å². The first-order valence-electron chi connectivity index (χ1n) is 11.0. The summed E-state index contributed by atoms with van der Waals surface area (Å²) >= 11 is 0. The van der Waals surface area contributed by atoms with E-state index in [4.69, 9.17) is 4.52 Å². The van der Waals surface area contributed by atoms with Crippen LogP contribution in [0.1, 0.15) is 49.7 Å². The number of hydrogen-bond donors (Lipinski definition) is 1. The van der Waals surface area contributed by atoms with E-state index in [1.807, 2.05) is 0 Å². The molecule has 2 saturated heterocycles. The van der Waals surface area contributed by atoms with Gasteiger partial charge >= 0.3 is 11.8 Å². The fraction of sp³-hybridized carbons (Fsp3) is 0.571. The van der Waals surface area contributed by atoms with Crippen molar-refractivity contribution in [3.8, 4) is 11.4 Å². The molecule has 2 aromatic rings. The standard InChI is InChI=1S/C21H29N5O4S/c1-2-25-12-6-7-17(25)15-22-20(27)21-23-19(24-30-21)16-8-10-18(11-9-16)31(28,29)26-13-4-3-5-14-26/h8-11,17H,2-7,12-15H2,1H3,(H,22,27). The van der Waals surface area contributed by atoms with E-state index in [1.165, 1.54) is 4.31 Å². The van der Waals surface area contributed by atoms with E-state index in [0.29, 0.717) is 31.2 Å². The van der Waals surface area contributed by atoms with Crippen LogP contribution in [0.4, 0.5) is 0 Å². The van der Waals surface area contributed by atoms with Gasteiger partial charge in [0.1, 0.15) is 0 Å². The molecule has 1 unspecified atom stereocenters. The van der Waals surface area contributed by atoms with E-state index in [9.17, 15) is 13.2 Å². The normalized spacial score (nSPS) is 20.7. The van der Waals surface area contributed by atoms with Crippen molar-refractivity contribution in [2.75, 3.05) is 32.7 Å². The number of nitrogens with zero attached hydrogens (tertiary/aromatic N) is 4. The minimum Gasteiger partial charge on any atom is -0.346 e. The Labute approximate surface area is 182 Å². The summed E-state index contributed by atoms with van der Waals surface area (Å²) in [6.07, 6.45) is 5.05. The molecule has 1 atom stereocenters. The number of nitrogens with one attached hydrogen (secondary N) is 1.